The highest BCUT2D eigenvalue weighted by Gasteiger charge is 2.68. The Bertz CT molecular complexity index is 1540. The van der Waals surface area contributed by atoms with Crippen LogP contribution in [0.5, 0.6) is 0 Å². The van der Waals surface area contributed by atoms with E-state index in [1.165, 1.54) is 0 Å². The van der Waals surface area contributed by atoms with Crippen molar-refractivity contribution in [2.45, 2.75) is 42.6 Å². The van der Waals surface area contributed by atoms with Crippen LogP contribution in [0.4, 0.5) is 5.95 Å². The number of aryl methyl sites for hydroxylation is 1. The first kappa shape index (κ1) is 27.8. The molecule has 1 fully saturated rings. The molecule has 17 heteroatoms. The summed E-state index contributed by atoms with van der Waals surface area (Å²) in [6, 6.07) is 2.17. The second kappa shape index (κ2) is 10.2. The molecule has 9 N–H and O–H groups in total. The number of nitrogens with one attached hydrogen (secondary N) is 5. The third kappa shape index (κ3) is 4.23. The van der Waals surface area contributed by atoms with Crippen LogP contribution in [0.3, 0.4) is 0 Å². The molecule has 0 spiro atoms. The maximum Gasteiger partial charge on any atom is 0.268 e. The van der Waals surface area contributed by atoms with Crippen molar-refractivity contribution < 1.29 is 14.3 Å². The number of nitrogens with zero attached hydrogens (tertiary/aromatic N) is 3. The average Bonchev–Trinajstić information content (AvgIpc) is 3.67. The molecule has 212 valence electrons. The number of ether oxygens (including phenoxy) is 1. The van der Waals surface area contributed by atoms with Gasteiger partial charge in [-0.3, -0.25) is 9.59 Å². The van der Waals surface area contributed by atoms with Gasteiger partial charge >= 0.3 is 0 Å². The second-order valence-corrected chi connectivity index (χ2v) is 13.0. The zero-order valence-electron chi connectivity index (χ0n) is 20.8. The molecule has 5 atom stereocenters. The van der Waals surface area contributed by atoms with Gasteiger partial charge < -0.3 is 46.7 Å². The summed E-state index contributed by atoms with van der Waals surface area (Å²) >= 11 is 13.9. The summed E-state index contributed by atoms with van der Waals surface area (Å²) in [7, 11) is 1.59. The van der Waals surface area contributed by atoms with Crippen molar-refractivity contribution in [2.24, 2.45) is 10.7 Å². The number of amides is 2. The number of rotatable bonds is 7. The number of nitrogens with two attached hydrogens (primary N) is 2. The van der Waals surface area contributed by atoms with E-state index in [-0.39, 0.29) is 29.8 Å². The Hall–Kier alpha value is -2.34. The molecule has 1 saturated carbocycles. The highest BCUT2D eigenvalue weighted by Crippen LogP contribution is 2.56. The number of imidazole rings is 1. The van der Waals surface area contributed by atoms with E-state index in [0.29, 0.717) is 41.1 Å². The Kier molecular flexibility index (Phi) is 7.08. The fourth-order valence-electron chi connectivity index (χ4n) is 6.09. The van der Waals surface area contributed by atoms with Crippen LogP contribution in [-0.2, 0) is 11.2 Å². The molecule has 0 unspecified atom stereocenters. The second-order valence-electron chi connectivity index (χ2n) is 9.78. The number of methoxy groups -OCH3 is 1. The van der Waals surface area contributed by atoms with Crippen LogP contribution in [0.25, 0.3) is 0 Å². The van der Waals surface area contributed by atoms with Crippen molar-refractivity contribution in [1.82, 2.24) is 35.5 Å². The van der Waals surface area contributed by atoms with Gasteiger partial charge in [0.1, 0.15) is 17.4 Å². The number of anilines is 1. The first-order valence-electron chi connectivity index (χ1n) is 12.3. The van der Waals surface area contributed by atoms with Crippen molar-refractivity contribution in [3.8, 4) is 0 Å². The lowest BCUT2D eigenvalue weighted by Crippen LogP contribution is -2.56. The van der Waals surface area contributed by atoms with Crippen LogP contribution in [0.15, 0.2) is 35.3 Å². The Balaban J connectivity index is 1.32. The minimum absolute atomic E-state index is 0.216. The van der Waals surface area contributed by atoms with Gasteiger partial charge in [0.05, 0.1) is 41.8 Å². The third-order valence-electron chi connectivity index (χ3n) is 7.63. The summed E-state index contributed by atoms with van der Waals surface area (Å²) in [5, 5.41) is 9.31. The van der Waals surface area contributed by atoms with Gasteiger partial charge in [0, 0.05) is 19.3 Å². The van der Waals surface area contributed by atoms with Gasteiger partial charge in [0.2, 0.25) is 0 Å². The van der Waals surface area contributed by atoms with E-state index in [2.05, 4.69) is 94.6 Å². The molecule has 6 rings (SSSR count). The van der Waals surface area contributed by atoms with E-state index in [1.54, 1.807) is 19.2 Å². The normalized spacial score (nSPS) is 26.5. The fourth-order valence-corrected chi connectivity index (χ4v) is 7.69. The molecule has 3 aliphatic rings. The molecule has 0 bridgehead atoms. The average molecular weight is 808 g/mol. The molecule has 13 nitrogen and oxygen atoms in total. The highest BCUT2D eigenvalue weighted by molar-refractivity contribution is 9.13. The van der Waals surface area contributed by atoms with Crippen molar-refractivity contribution in [1.29, 1.82) is 0 Å². The molecule has 0 aromatic carbocycles. The summed E-state index contributed by atoms with van der Waals surface area (Å²) in [4.78, 5) is 41.2. The number of carbonyl (C=O) groups is 2. The van der Waals surface area contributed by atoms with E-state index in [4.69, 9.17) is 21.2 Å². The number of aliphatic imine (C=N–C) groups is 1. The van der Waals surface area contributed by atoms with Crippen molar-refractivity contribution in [3.05, 3.63) is 53.1 Å². The number of nitrogen functional groups attached to an aromatic ring is 1. The number of hydrogen-bond donors (Lipinski definition) is 7. The molecule has 5 heterocycles. The van der Waals surface area contributed by atoms with E-state index in [0.717, 1.165) is 19.2 Å². The summed E-state index contributed by atoms with van der Waals surface area (Å²) in [6.07, 6.45) is 1.16. The maximum atomic E-state index is 13.1. The lowest BCUT2D eigenvalue weighted by atomic mass is 9.89. The number of carbonyl (C=O) groups excluding carboxylic acids is 2. The van der Waals surface area contributed by atoms with E-state index < -0.39 is 23.7 Å². The van der Waals surface area contributed by atoms with Crippen LogP contribution in [0, 0.1) is 0 Å². The fraction of sp³-hybridized carbons (Fsp3) is 0.391. The molecule has 3 aromatic rings. The number of guanidine groups is 1. The zero-order chi connectivity index (χ0) is 28.5. The number of fused-ring (bicyclic) bond motifs is 5. The standard InChI is InChI=1S/C23H24Br4N10O3/c1-40-23-12(13-9(32-21(28)34-13)3-2-4-30-19(38)10-5-7(24)17(26)31-10)15-14(16(23)35-22(29)36-23)33-20(39)11-6-8(25)18(27)37(11)15/h5-6,12,14-16,31H,2-4H2,1H3,(H,30,38)(H,33,39)(H3,28,32,34)(H3,29,35,36)/t12-,14-,15-,16+,23+/m1/s1. The Morgan fingerprint density at radius 1 is 1.20 bits per heavy atom. The summed E-state index contributed by atoms with van der Waals surface area (Å²) in [5.74, 6) is -0.428. The summed E-state index contributed by atoms with van der Waals surface area (Å²) in [6.45, 7) is 0.421. The van der Waals surface area contributed by atoms with Gasteiger partial charge in [-0.15, -0.1) is 0 Å². The van der Waals surface area contributed by atoms with Gasteiger partial charge in [-0.25, -0.2) is 9.98 Å². The summed E-state index contributed by atoms with van der Waals surface area (Å²) in [5.41, 5.74) is 13.7. The van der Waals surface area contributed by atoms with Crippen molar-refractivity contribution in [3.63, 3.8) is 0 Å². The molecular weight excluding hydrogens is 784 g/mol. The predicted octanol–water partition coefficient (Wildman–Crippen LogP) is 2.61. The number of H-pyrrole nitrogens is 2. The number of halogens is 4. The van der Waals surface area contributed by atoms with Crippen LogP contribution in [0.2, 0.25) is 0 Å². The van der Waals surface area contributed by atoms with E-state index in [1.807, 2.05) is 4.57 Å². The monoisotopic (exact) mass is 804 g/mol. The van der Waals surface area contributed by atoms with E-state index >= 15 is 0 Å². The summed E-state index contributed by atoms with van der Waals surface area (Å²) < 4.78 is 11.1. The molecule has 1 aliphatic carbocycles. The Morgan fingerprint density at radius 2 is 1.98 bits per heavy atom. The van der Waals surface area contributed by atoms with Gasteiger partial charge in [0.25, 0.3) is 11.8 Å². The quantitative estimate of drug-likeness (QED) is 0.179. The lowest BCUT2D eigenvalue weighted by Gasteiger charge is -2.36. The van der Waals surface area contributed by atoms with E-state index in [9.17, 15) is 9.59 Å². The molecule has 0 saturated heterocycles. The smallest absolute Gasteiger partial charge is 0.268 e. The molecular formula is C23H24Br4N10O3. The van der Waals surface area contributed by atoms with Crippen LogP contribution >= 0.6 is 63.7 Å². The molecule has 2 amide bonds. The zero-order valence-corrected chi connectivity index (χ0v) is 27.2. The van der Waals surface area contributed by atoms with Crippen molar-refractivity contribution >= 4 is 87.4 Å². The van der Waals surface area contributed by atoms with Crippen molar-refractivity contribution in [2.75, 3.05) is 19.4 Å². The molecule has 0 radical (unpaired) electrons. The predicted molar refractivity (Wildman–Crippen MR) is 161 cm³/mol. The first-order chi connectivity index (χ1) is 19.1. The Labute approximate surface area is 261 Å². The molecule has 40 heavy (non-hydrogen) atoms. The van der Waals surface area contributed by atoms with Gasteiger partial charge in [-0.1, -0.05) is 0 Å². The number of aromatic nitrogens is 4. The van der Waals surface area contributed by atoms with Crippen LogP contribution in [0.1, 0.15) is 50.7 Å². The highest BCUT2D eigenvalue weighted by atomic mass is 79.9. The number of aromatic amines is 2. The molecule has 3 aromatic heterocycles. The minimum Gasteiger partial charge on any atom is -0.370 e. The van der Waals surface area contributed by atoms with Gasteiger partial charge in [-0.2, -0.15) is 0 Å². The minimum atomic E-state index is -1.09. The van der Waals surface area contributed by atoms with Gasteiger partial charge in [-0.05, 0) is 88.7 Å². The van der Waals surface area contributed by atoms with Crippen LogP contribution in [-0.4, -0.2) is 68.8 Å². The SMILES string of the molecule is CO[C@]12NC(N)=N[C@H]1[C@@H]1NC(=O)c3cc(Br)c(Br)n3[C@@H]1[C@H]2c1nc(N)[nH]c1CCCNC(=O)c1cc(Br)c(Br)[nH]1. The van der Waals surface area contributed by atoms with Crippen LogP contribution < -0.4 is 27.4 Å². The lowest BCUT2D eigenvalue weighted by molar-refractivity contribution is -0.0404. The Morgan fingerprint density at radius 3 is 2.67 bits per heavy atom. The van der Waals surface area contributed by atoms with Gasteiger partial charge in [0.15, 0.2) is 17.6 Å². The third-order valence-corrected chi connectivity index (χ3v) is 11.4. The topological polar surface area (TPSA) is 193 Å². The number of hydrogen-bond acceptors (Lipinski definition) is 8. The largest absolute Gasteiger partial charge is 0.370 e. The molecule has 2 aliphatic heterocycles. The first-order valence-corrected chi connectivity index (χ1v) is 15.4. The maximum absolute atomic E-state index is 13.1.